The number of carbonyl (C=O) groups excluding carboxylic acids is 1. The number of aldehydes is 1. The molecular formula is C51H72O6. The van der Waals surface area contributed by atoms with Crippen LogP contribution in [0.4, 0.5) is 0 Å². The normalized spacial score (nSPS) is 11.2. The zero-order valence-electron chi connectivity index (χ0n) is 36.2. The molecule has 0 saturated carbocycles. The fraction of sp³-hybridized carbons (Fsp3) is 0.588. The fourth-order valence-electron chi connectivity index (χ4n) is 7.37. The number of rotatable bonds is 30. The quantitative estimate of drug-likeness (QED) is 0.0227. The van der Waals surface area contributed by atoms with Crippen LogP contribution in [0, 0.1) is 11.8 Å². The summed E-state index contributed by atoms with van der Waals surface area (Å²) in [5, 5.41) is 6.23. The van der Waals surface area contributed by atoms with Crippen molar-refractivity contribution in [2.45, 2.75) is 163 Å². The molecule has 0 N–H and O–H groups in total. The Morgan fingerprint density at radius 3 is 0.912 bits per heavy atom. The van der Waals surface area contributed by atoms with Crippen LogP contribution in [0.2, 0.25) is 0 Å². The van der Waals surface area contributed by atoms with Gasteiger partial charge in [0.1, 0.15) is 5.75 Å². The Hall–Kier alpha value is -4.11. The zero-order valence-corrected chi connectivity index (χ0v) is 36.2. The first-order chi connectivity index (χ1) is 28.1. The lowest BCUT2D eigenvalue weighted by Gasteiger charge is -2.20. The van der Waals surface area contributed by atoms with E-state index in [0.29, 0.717) is 50.6 Å². The lowest BCUT2D eigenvalue weighted by Crippen LogP contribution is -2.04. The van der Waals surface area contributed by atoms with E-state index in [9.17, 15) is 4.79 Å². The van der Waals surface area contributed by atoms with Crippen molar-refractivity contribution in [3.05, 3.63) is 42.0 Å². The van der Waals surface area contributed by atoms with Gasteiger partial charge in [0.15, 0.2) is 29.3 Å². The third kappa shape index (κ3) is 14.3. The molecule has 4 aromatic carbocycles. The molecule has 0 aliphatic carbocycles. The van der Waals surface area contributed by atoms with E-state index in [1.54, 1.807) is 0 Å². The van der Waals surface area contributed by atoms with E-state index in [1.165, 1.54) is 57.8 Å². The minimum absolute atomic E-state index is 0.587. The highest BCUT2D eigenvalue weighted by Crippen LogP contribution is 2.46. The Bertz CT molecular complexity index is 1800. The lowest BCUT2D eigenvalue weighted by molar-refractivity contribution is -0.103. The van der Waals surface area contributed by atoms with E-state index in [4.69, 9.17) is 23.7 Å². The van der Waals surface area contributed by atoms with E-state index in [0.717, 1.165) is 126 Å². The molecule has 0 spiro atoms. The van der Waals surface area contributed by atoms with Crippen LogP contribution in [0.15, 0.2) is 36.4 Å². The summed E-state index contributed by atoms with van der Waals surface area (Å²) >= 11 is 0. The molecule has 4 rings (SSSR count). The first-order valence-electron chi connectivity index (χ1n) is 22.7. The zero-order chi connectivity index (χ0) is 40.5. The monoisotopic (exact) mass is 781 g/mol. The second-order valence-electron chi connectivity index (χ2n) is 15.5. The summed E-state index contributed by atoms with van der Waals surface area (Å²) in [7, 11) is 0. The molecule has 0 radical (unpaired) electrons. The molecule has 0 atom stereocenters. The molecule has 4 aromatic rings. The van der Waals surface area contributed by atoms with Gasteiger partial charge in [-0.2, -0.15) is 0 Å². The van der Waals surface area contributed by atoms with Crippen molar-refractivity contribution >= 4 is 38.6 Å². The first kappa shape index (κ1) is 45.6. The van der Waals surface area contributed by atoms with Crippen molar-refractivity contribution in [1.82, 2.24) is 0 Å². The number of hydrogen-bond donors (Lipinski definition) is 0. The summed E-state index contributed by atoms with van der Waals surface area (Å²) in [6.07, 6.45) is 23.1. The topological polar surface area (TPSA) is 63.2 Å². The van der Waals surface area contributed by atoms with E-state index in [1.807, 2.05) is 0 Å². The third-order valence-electron chi connectivity index (χ3n) is 10.7. The van der Waals surface area contributed by atoms with Gasteiger partial charge in [-0.1, -0.05) is 137 Å². The summed E-state index contributed by atoms with van der Waals surface area (Å²) in [5.41, 5.74) is 0.698. The fourth-order valence-corrected chi connectivity index (χ4v) is 7.37. The Morgan fingerprint density at radius 1 is 0.368 bits per heavy atom. The predicted molar refractivity (Wildman–Crippen MR) is 240 cm³/mol. The molecule has 0 unspecified atom stereocenters. The van der Waals surface area contributed by atoms with Crippen molar-refractivity contribution in [3.63, 3.8) is 0 Å². The Balaban J connectivity index is 1.97. The highest BCUT2D eigenvalue weighted by atomic mass is 16.5. The summed E-state index contributed by atoms with van der Waals surface area (Å²) in [6, 6.07) is 12.9. The Kier molecular flexibility index (Phi) is 21.4. The number of fused-ring (bicyclic) bond motifs is 6. The maximum absolute atomic E-state index is 11.5. The molecular weight excluding hydrogens is 709 g/mol. The Labute approximate surface area is 344 Å². The number of benzene rings is 4. The van der Waals surface area contributed by atoms with Gasteiger partial charge in [-0.25, -0.2) is 0 Å². The number of unbranched alkanes of at least 4 members (excludes halogenated alkanes) is 15. The van der Waals surface area contributed by atoms with Crippen LogP contribution in [-0.2, 0) is 4.79 Å². The SMILES string of the molecule is CCCCCCOc1cc2c(cc1C#CC=O)c1cc(OCCCCCC)c(OCCCCCC)cc1c1cc(OCCCCCC)c(OCCCCCC)cc21. The van der Waals surface area contributed by atoms with Crippen molar-refractivity contribution in [2.24, 2.45) is 0 Å². The van der Waals surface area contributed by atoms with Gasteiger partial charge in [0, 0.05) is 0 Å². The molecule has 0 fully saturated rings. The van der Waals surface area contributed by atoms with Gasteiger partial charge >= 0.3 is 0 Å². The van der Waals surface area contributed by atoms with E-state index < -0.39 is 0 Å². The van der Waals surface area contributed by atoms with Crippen LogP contribution < -0.4 is 23.7 Å². The van der Waals surface area contributed by atoms with Gasteiger partial charge in [0.25, 0.3) is 0 Å². The third-order valence-corrected chi connectivity index (χ3v) is 10.7. The van der Waals surface area contributed by atoms with Crippen LogP contribution in [0.1, 0.15) is 169 Å². The van der Waals surface area contributed by atoms with Crippen LogP contribution in [-0.4, -0.2) is 39.3 Å². The largest absolute Gasteiger partial charge is 0.492 e. The van der Waals surface area contributed by atoms with E-state index in [2.05, 4.69) is 82.9 Å². The highest BCUT2D eigenvalue weighted by Gasteiger charge is 2.20. The molecule has 6 heteroatoms. The van der Waals surface area contributed by atoms with E-state index in [-0.39, 0.29) is 0 Å². The Morgan fingerprint density at radius 2 is 0.632 bits per heavy atom. The summed E-state index contributed by atoms with van der Waals surface area (Å²) in [6.45, 7) is 14.3. The van der Waals surface area contributed by atoms with Crippen molar-refractivity contribution in [2.75, 3.05) is 33.0 Å². The molecule has 0 amide bonds. The van der Waals surface area contributed by atoms with Gasteiger partial charge in [-0.3, -0.25) is 4.79 Å². The second-order valence-corrected chi connectivity index (χ2v) is 15.5. The smallest absolute Gasteiger partial charge is 0.193 e. The second kappa shape index (κ2) is 26.7. The van der Waals surface area contributed by atoms with Gasteiger partial charge in [0.05, 0.1) is 38.6 Å². The highest BCUT2D eigenvalue weighted by molar-refractivity contribution is 6.26. The summed E-state index contributed by atoms with van der Waals surface area (Å²) in [4.78, 5) is 11.5. The maximum atomic E-state index is 11.5. The molecule has 0 saturated heterocycles. The van der Waals surface area contributed by atoms with Crippen LogP contribution >= 0.6 is 0 Å². The van der Waals surface area contributed by atoms with Crippen LogP contribution in [0.25, 0.3) is 32.3 Å². The lowest BCUT2D eigenvalue weighted by atomic mass is 9.92. The molecule has 0 aliphatic heterocycles. The predicted octanol–water partition coefficient (Wildman–Crippen LogP) is 14.5. The first-order valence-corrected chi connectivity index (χ1v) is 22.7. The number of hydrogen-bond acceptors (Lipinski definition) is 6. The van der Waals surface area contributed by atoms with Gasteiger partial charge < -0.3 is 23.7 Å². The summed E-state index contributed by atoms with van der Waals surface area (Å²) < 4.78 is 32.8. The average Bonchev–Trinajstić information content (AvgIpc) is 3.22. The standard InChI is InChI=1S/C51H72O6/c1-6-11-16-21-29-53-47-35-42-41(34-40(47)27-26-28-52)43-36-48(54-30-22-17-12-7-2)50(56-32-24-19-14-9-4)38-45(43)46-39-51(57-33-25-20-15-10-5)49(37-44(42)46)55-31-23-18-13-8-3/h28,34-39H,6-25,29-33H2,1-5H3. The molecule has 0 bridgehead atoms. The van der Waals surface area contributed by atoms with E-state index >= 15 is 0 Å². The molecule has 0 aliphatic rings. The van der Waals surface area contributed by atoms with Crippen LogP contribution in [0.5, 0.6) is 28.7 Å². The van der Waals surface area contributed by atoms with Gasteiger partial charge in [0.2, 0.25) is 0 Å². The molecule has 0 aromatic heterocycles. The molecule has 57 heavy (non-hydrogen) atoms. The number of carbonyl (C=O) groups is 1. The van der Waals surface area contributed by atoms with Gasteiger partial charge in [-0.15, -0.1) is 0 Å². The van der Waals surface area contributed by atoms with Gasteiger partial charge in [-0.05, 0) is 107 Å². The molecule has 6 nitrogen and oxygen atoms in total. The van der Waals surface area contributed by atoms with Crippen LogP contribution in [0.3, 0.4) is 0 Å². The minimum atomic E-state index is 0.587. The van der Waals surface area contributed by atoms with Crippen molar-refractivity contribution in [3.8, 4) is 40.6 Å². The number of ether oxygens (including phenoxy) is 5. The minimum Gasteiger partial charge on any atom is -0.492 e. The summed E-state index contributed by atoms with van der Waals surface area (Å²) in [5.74, 6) is 9.51. The van der Waals surface area contributed by atoms with Crippen molar-refractivity contribution in [1.29, 1.82) is 0 Å². The maximum Gasteiger partial charge on any atom is 0.193 e. The van der Waals surface area contributed by atoms with Crippen molar-refractivity contribution < 1.29 is 28.5 Å². The average molecular weight is 781 g/mol. The molecule has 312 valence electrons. The molecule has 0 heterocycles.